The molecule has 2 aromatic rings. The lowest BCUT2D eigenvalue weighted by molar-refractivity contribution is 0.0697. The van der Waals surface area contributed by atoms with Gasteiger partial charge in [-0.25, -0.2) is 4.79 Å². The molecule has 1 heterocycles. The quantitative estimate of drug-likeness (QED) is 0.877. The number of fused-ring (bicyclic) bond motifs is 1. The van der Waals surface area contributed by atoms with Crippen molar-refractivity contribution in [2.75, 3.05) is 14.2 Å². The lowest BCUT2D eigenvalue weighted by Crippen LogP contribution is -1.98. The Morgan fingerprint density at radius 2 is 2.00 bits per heavy atom. The summed E-state index contributed by atoms with van der Waals surface area (Å²) in [5, 5.41) is 10.4. The maximum atomic E-state index is 10.9. The van der Waals surface area contributed by atoms with Gasteiger partial charge in [0.1, 0.15) is 0 Å². The summed E-state index contributed by atoms with van der Waals surface area (Å²) in [7, 11) is 2.99. The molecule has 0 saturated carbocycles. The van der Waals surface area contributed by atoms with E-state index in [0.717, 1.165) is 5.39 Å². The molecule has 0 fully saturated rings. The number of aromatic nitrogens is 1. The number of carboxylic acids is 1. The zero-order valence-corrected chi connectivity index (χ0v) is 9.43. The number of methoxy groups -OCH3 is 2. The number of pyridine rings is 1. The Labute approximate surface area is 97.6 Å². The smallest absolute Gasteiger partial charge is 0.335 e. The molecule has 5 nitrogen and oxygen atoms in total. The van der Waals surface area contributed by atoms with Crippen LogP contribution in [0, 0.1) is 0 Å². The summed E-state index contributed by atoms with van der Waals surface area (Å²) in [6.45, 7) is 0. The molecule has 1 aromatic heterocycles. The van der Waals surface area contributed by atoms with Crippen molar-refractivity contribution in [1.82, 2.24) is 4.98 Å². The molecule has 0 amide bonds. The Hall–Kier alpha value is -2.30. The van der Waals surface area contributed by atoms with E-state index in [9.17, 15) is 4.79 Å². The summed E-state index contributed by atoms with van der Waals surface area (Å²) in [6.07, 6.45) is 0. The Morgan fingerprint density at radius 3 is 2.59 bits per heavy atom. The number of nitrogens with zero attached hydrogens (tertiary/aromatic N) is 1. The Bertz CT molecular complexity index is 580. The highest BCUT2D eigenvalue weighted by Gasteiger charge is 2.10. The Balaban J connectivity index is 2.71. The predicted molar refractivity (Wildman–Crippen MR) is 61.8 cm³/mol. The fourth-order valence-electron chi connectivity index (χ4n) is 1.59. The first kappa shape index (κ1) is 11.2. The summed E-state index contributed by atoms with van der Waals surface area (Å²) in [4.78, 5) is 15.0. The van der Waals surface area contributed by atoms with Gasteiger partial charge in [0.25, 0.3) is 0 Å². The molecule has 0 atom stereocenters. The minimum absolute atomic E-state index is 0.197. The third-order valence-electron chi connectivity index (χ3n) is 2.42. The van der Waals surface area contributed by atoms with Crippen LogP contribution in [0.25, 0.3) is 10.8 Å². The first-order chi connectivity index (χ1) is 8.15. The second kappa shape index (κ2) is 4.29. The molecular weight excluding hydrogens is 222 g/mol. The number of aromatic carboxylic acids is 1. The third-order valence-corrected chi connectivity index (χ3v) is 2.42. The van der Waals surface area contributed by atoms with Crippen LogP contribution in [0.3, 0.4) is 0 Å². The SMILES string of the molecule is COc1cc2ccc(C(=O)O)cc2c(OC)n1. The fraction of sp³-hybridized carbons (Fsp3) is 0.167. The van der Waals surface area contributed by atoms with Gasteiger partial charge in [-0.05, 0) is 17.5 Å². The van der Waals surface area contributed by atoms with Crippen LogP contribution < -0.4 is 9.47 Å². The van der Waals surface area contributed by atoms with Crippen LogP contribution in [0.2, 0.25) is 0 Å². The fourth-order valence-corrected chi connectivity index (χ4v) is 1.59. The van der Waals surface area contributed by atoms with Crippen LogP contribution in [0.5, 0.6) is 11.8 Å². The average Bonchev–Trinajstić information content (AvgIpc) is 2.36. The van der Waals surface area contributed by atoms with Gasteiger partial charge in [-0.15, -0.1) is 0 Å². The molecular formula is C12H11NO4. The van der Waals surface area contributed by atoms with E-state index in [1.54, 1.807) is 12.1 Å². The molecule has 0 spiro atoms. The Kier molecular flexibility index (Phi) is 2.82. The molecule has 0 aliphatic rings. The number of carbonyl (C=O) groups is 1. The lowest BCUT2D eigenvalue weighted by atomic mass is 10.1. The van der Waals surface area contributed by atoms with E-state index in [4.69, 9.17) is 14.6 Å². The van der Waals surface area contributed by atoms with E-state index in [-0.39, 0.29) is 5.56 Å². The summed E-state index contributed by atoms with van der Waals surface area (Å²) < 4.78 is 10.2. The molecule has 2 rings (SSSR count). The van der Waals surface area contributed by atoms with Crippen molar-refractivity contribution in [2.24, 2.45) is 0 Å². The maximum Gasteiger partial charge on any atom is 0.335 e. The van der Waals surface area contributed by atoms with Crippen LogP contribution in [0.4, 0.5) is 0 Å². The molecule has 0 bridgehead atoms. The van der Waals surface area contributed by atoms with Crippen molar-refractivity contribution in [2.45, 2.75) is 0 Å². The van der Waals surface area contributed by atoms with E-state index in [1.165, 1.54) is 26.4 Å². The van der Waals surface area contributed by atoms with Gasteiger partial charge in [0.2, 0.25) is 11.8 Å². The summed E-state index contributed by atoms with van der Waals surface area (Å²) in [5.74, 6) is -0.204. The topological polar surface area (TPSA) is 68.7 Å². The molecule has 0 aliphatic carbocycles. The van der Waals surface area contributed by atoms with Crippen LogP contribution in [0.1, 0.15) is 10.4 Å². The molecule has 1 N–H and O–H groups in total. The van der Waals surface area contributed by atoms with Crippen molar-refractivity contribution in [3.63, 3.8) is 0 Å². The van der Waals surface area contributed by atoms with Crippen LogP contribution in [0.15, 0.2) is 24.3 Å². The minimum atomic E-state index is -0.982. The first-order valence-corrected chi connectivity index (χ1v) is 4.92. The van der Waals surface area contributed by atoms with Gasteiger partial charge < -0.3 is 14.6 Å². The van der Waals surface area contributed by atoms with Gasteiger partial charge in [0.05, 0.1) is 19.8 Å². The molecule has 0 saturated heterocycles. The summed E-state index contributed by atoms with van der Waals surface area (Å²) in [5.41, 5.74) is 0.197. The molecule has 1 aromatic carbocycles. The molecule has 0 unspecified atom stereocenters. The van der Waals surface area contributed by atoms with Gasteiger partial charge in [0.15, 0.2) is 0 Å². The standard InChI is InChI=1S/C12H11NO4/c1-16-10-6-7-3-4-8(12(14)15)5-9(7)11(13-10)17-2/h3-6H,1-2H3,(H,14,15). The maximum absolute atomic E-state index is 10.9. The highest BCUT2D eigenvalue weighted by molar-refractivity contribution is 5.96. The van der Waals surface area contributed by atoms with E-state index < -0.39 is 5.97 Å². The van der Waals surface area contributed by atoms with Crippen LogP contribution in [-0.2, 0) is 0 Å². The first-order valence-electron chi connectivity index (χ1n) is 4.92. The van der Waals surface area contributed by atoms with E-state index in [0.29, 0.717) is 17.1 Å². The lowest BCUT2D eigenvalue weighted by Gasteiger charge is -2.07. The van der Waals surface area contributed by atoms with Crippen molar-refractivity contribution in [3.05, 3.63) is 29.8 Å². The third kappa shape index (κ3) is 1.99. The van der Waals surface area contributed by atoms with Crippen molar-refractivity contribution < 1.29 is 19.4 Å². The van der Waals surface area contributed by atoms with E-state index in [1.807, 2.05) is 0 Å². The number of hydrogen-bond donors (Lipinski definition) is 1. The second-order valence-corrected chi connectivity index (χ2v) is 3.41. The molecule has 88 valence electrons. The zero-order chi connectivity index (χ0) is 12.4. The molecule has 0 radical (unpaired) electrons. The molecule has 5 heteroatoms. The van der Waals surface area contributed by atoms with Gasteiger partial charge in [0, 0.05) is 11.5 Å². The molecule has 17 heavy (non-hydrogen) atoms. The van der Waals surface area contributed by atoms with Crippen molar-refractivity contribution in [3.8, 4) is 11.8 Å². The van der Waals surface area contributed by atoms with Gasteiger partial charge >= 0.3 is 5.97 Å². The second-order valence-electron chi connectivity index (χ2n) is 3.41. The highest BCUT2D eigenvalue weighted by atomic mass is 16.5. The number of hydrogen-bond acceptors (Lipinski definition) is 4. The average molecular weight is 233 g/mol. The van der Waals surface area contributed by atoms with Crippen LogP contribution in [-0.4, -0.2) is 30.3 Å². The monoisotopic (exact) mass is 233 g/mol. The highest BCUT2D eigenvalue weighted by Crippen LogP contribution is 2.28. The number of benzene rings is 1. The van der Waals surface area contributed by atoms with E-state index >= 15 is 0 Å². The summed E-state index contributed by atoms with van der Waals surface area (Å²) in [6, 6.07) is 6.49. The number of rotatable bonds is 3. The number of ether oxygens (including phenoxy) is 2. The van der Waals surface area contributed by atoms with Crippen molar-refractivity contribution in [1.29, 1.82) is 0 Å². The van der Waals surface area contributed by atoms with Gasteiger partial charge in [-0.2, -0.15) is 4.98 Å². The van der Waals surface area contributed by atoms with Crippen LogP contribution >= 0.6 is 0 Å². The minimum Gasteiger partial charge on any atom is -0.481 e. The normalized spacial score (nSPS) is 10.2. The Morgan fingerprint density at radius 1 is 1.24 bits per heavy atom. The predicted octanol–water partition coefficient (Wildman–Crippen LogP) is 1.95. The summed E-state index contributed by atoms with van der Waals surface area (Å²) >= 11 is 0. The van der Waals surface area contributed by atoms with E-state index in [2.05, 4.69) is 4.98 Å². The van der Waals surface area contributed by atoms with Gasteiger partial charge in [-0.3, -0.25) is 0 Å². The van der Waals surface area contributed by atoms with Gasteiger partial charge in [-0.1, -0.05) is 6.07 Å². The largest absolute Gasteiger partial charge is 0.481 e. The molecule has 0 aliphatic heterocycles. The van der Waals surface area contributed by atoms with Crippen molar-refractivity contribution >= 4 is 16.7 Å². The zero-order valence-electron chi connectivity index (χ0n) is 9.43. The number of carboxylic acid groups (broad SMARTS) is 1.